The normalized spacial score (nSPS) is 11.2. The zero-order valence-corrected chi connectivity index (χ0v) is 17.9. The van der Waals surface area contributed by atoms with Crippen LogP contribution in [-0.2, 0) is 21.2 Å². The fourth-order valence-electron chi connectivity index (χ4n) is 2.84. The molecule has 7 heteroatoms. The van der Waals surface area contributed by atoms with Gasteiger partial charge in [-0.1, -0.05) is 41.4 Å². The highest BCUT2D eigenvalue weighted by Crippen LogP contribution is 2.20. The van der Waals surface area contributed by atoms with Crippen LogP contribution < -0.4 is 9.62 Å². The van der Waals surface area contributed by atoms with Crippen molar-refractivity contribution in [2.75, 3.05) is 23.7 Å². The molecule has 152 valence electrons. The van der Waals surface area contributed by atoms with Gasteiger partial charge in [-0.3, -0.25) is 9.10 Å². The molecule has 0 heterocycles. The molecular weight excluding hydrogens is 396 g/mol. The lowest BCUT2D eigenvalue weighted by molar-refractivity contribution is -0.121. The summed E-state index contributed by atoms with van der Waals surface area (Å²) in [7, 11) is -3.42. The second-order valence-electron chi connectivity index (χ2n) is 6.85. The summed E-state index contributed by atoms with van der Waals surface area (Å²) in [6.45, 7) is 2.92. The van der Waals surface area contributed by atoms with Gasteiger partial charge in [0.25, 0.3) is 0 Å². The van der Waals surface area contributed by atoms with Gasteiger partial charge in [-0.2, -0.15) is 0 Å². The molecule has 2 rings (SSSR count). The summed E-state index contributed by atoms with van der Waals surface area (Å²) in [6, 6.07) is 15.0. The first-order valence-corrected chi connectivity index (χ1v) is 11.5. The average molecular weight is 423 g/mol. The smallest absolute Gasteiger partial charge is 0.232 e. The number of rotatable bonds is 10. The lowest BCUT2D eigenvalue weighted by Crippen LogP contribution is -2.32. The number of nitrogens with one attached hydrogen (secondary N) is 1. The van der Waals surface area contributed by atoms with E-state index in [9.17, 15) is 13.2 Å². The molecule has 0 aromatic heterocycles. The molecule has 0 saturated heterocycles. The molecule has 2 aromatic rings. The largest absolute Gasteiger partial charge is 0.356 e. The molecular formula is C21H27ClN2O3S. The van der Waals surface area contributed by atoms with Crippen molar-refractivity contribution in [3.63, 3.8) is 0 Å². The minimum atomic E-state index is -3.42. The number of anilines is 1. The fourth-order valence-corrected chi connectivity index (χ4v) is 3.93. The quantitative estimate of drug-likeness (QED) is 0.589. The number of nitrogens with zero attached hydrogens (tertiary/aromatic N) is 1. The van der Waals surface area contributed by atoms with E-state index in [0.29, 0.717) is 23.7 Å². The molecule has 28 heavy (non-hydrogen) atoms. The van der Waals surface area contributed by atoms with Crippen molar-refractivity contribution in [1.82, 2.24) is 5.32 Å². The molecule has 0 bridgehead atoms. The fraction of sp³-hybridized carbons (Fsp3) is 0.381. The molecule has 1 N–H and O–H groups in total. The summed E-state index contributed by atoms with van der Waals surface area (Å²) in [5, 5.41) is 3.44. The number of halogens is 1. The Hall–Kier alpha value is -2.05. The number of aryl methyl sites for hydroxylation is 2. The predicted molar refractivity (Wildman–Crippen MR) is 115 cm³/mol. The van der Waals surface area contributed by atoms with Gasteiger partial charge in [0, 0.05) is 24.5 Å². The van der Waals surface area contributed by atoms with Gasteiger partial charge in [0.1, 0.15) is 0 Å². The zero-order chi connectivity index (χ0) is 20.6. The van der Waals surface area contributed by atoms with Gasteiger partial charge in [-0.25, -0.2) is 8.42 Å². The van der Waals surface area contributed by atoms with E-state index in [1.165, 1.54) is 15.4 Å². The third-order valence-electron chi connectivity index (χ3n) is 4.36. The first-order valence-electron chi connectivity index (χ1n) is 9.31. The number of amides is 1. The van der Waals surface area contributed by atoms with Crippen molar-refractivity contribution in [3.05, 3.63) is 64.7 Å². The Balaban J connectivity index is 1.73. The van der Waals surface area contributed by atoms with Crippen LogP contribution in [0.2, 0.25) is 5.02 Å². The summed E-state index contributed by atoms with van der Waals surface area (Å²) in [5.41, 5.74) is 3.04. The maximum absolute atomic E-state index is 12.1. The van der Waals surface area contributed by atoms with Gasteiger partial charge in [0.15, 0.2) is 0 Å². The van der Waals surface area contributed by atoms with Crippen molar-refractivity contribution in [3.8, 4) is 0 Å². The van der Waals surface area contributed by atoms with E-state index in [2.05, 4.69) is 36.5 Å². The van der Waals surface area contributed by atoms with Crippen molar-refractivity contribution >= 4 is 33.2 Å². The first-order chi connectivity index (χ1) is 13.3. The SMILES string of the molecule is Cc1ccc(CCCNC(=O)CCCN(c2ccc(Cl)cc2)S(C)(=O)=O)cc1. The molecule has 0 spiro atoms. The highest BCUT2D eigenvalue weighted by Gasteiger charge is 2.17. The minimum Gasteiger partial charge on any atom is -0.356 e. The zero-order valence-electron chi connectivity index (χ0n) is 16.3. The summed E-state index contributed by atoms with van der Waals surface area (Å²) >= 11 is 5.86. The minimum absolute atomic E-state index is 0.0616. The molecule has 0 aliphatic rings. The van der Waals surface area contributed by atoms with Gasteiger partial charge < -0.3 is 5.32 Å². The topological polar surface area (TPSA) is 66.5 Å². The Kier molecular flexibility index (Phi) is 8.33. The Bertz CT molecular complexity index is 866. The van der Waals surface area contributed by atoms with Crippen LogP contribution in [0.25, 0.3) is 0 Å². The van der Waals surface area contributed by atoms with Gasteiger partial charge >= 0.3 is 0 Å². The van der Waals surface area contributed by atoms with Crippen LogP contribution in [0.4, 0.5) is 5.69 Å². The van der Waals surface area contributed by atoms with E-state index in [1.807, 2.05) is 0 Å². The highest BCUT2D eigenvalue weighted by molar-refractivity contribution is 7.92. The number of sulfonamides is 1. The Morgan fingerprint density at radius 3 is 2.29 bits per heavy atom. The third-order valence-corrected chi connectivity index (χ3v) is 5.81. The molecule has 0 aliphatic carbocycles. The van der Waals surface area contributed by atoms with E-state index >= 15 is 0 Å². The Morgan fingerprint density at radius 2 is 1.68 bits per heavy atom. The number of carbonyl (C=O) groups is 1. The molecule has 0 saturated carbocycles. The Morgan fingerprint density at radius 1 is 1.04 bits per heavy atom. The molecule has 2 aromatic carbocycles. The van der Waals surface area contributed by atoms with E-state index in [4.69, 9.17) is 11.6 Å². The maximum atomic E-state index is 12.1. The van der Waals surface area contributed by atoms with Crippen molar-refractivity contribution in [2.24, 2.45) is 0 Å². The van der Waals surface area contributed by atoms with Crippen molar-refractivity contribution in [1.29, 1.82) is 0 Å². The molecule has 5 nitrogen and oxygen atoms in total. The van der Waals surface area contributed by atoms with Crippen LogP contribution in [0, 0.1) is 6.92 Å². The van der Waals surface area contributed by atoms with Crippen molar-refractivity contribution < 1.29 is 13.2 Å². The highest BCUT2D eigenvalue weighted by atomic mass is 35.5. The lowest BCUT2D eigenvalue weighted by Gasteiger charge is -2.22. The summed E-state index contributed by atoms with van der Waals surface area (Å²) in [6.07, 6.45) is 3.67. The van der Waals surface area contributed by atoms with Crippen molar-refractivity contribution in [2.45, 2.75) is 32.6 Å². The number of hydrogen-bond donors (Lipinski definition) is 1. The predicted octanol–water partition coefficient (Wildman–Crippen LogP) is 3.94. The second kappa shape index (κ2) is 10.5. The maximum Gasteiger partial charge on any atom is 0.232 e. The number of carbonyl (C=O) groups excluding carboxylic acids is 1. The molecule has 1 amide bonds. The monoisotopic (exact) mass is 422 g/mol. The van der Waals surface area contributed by atoms with Crippen LogP contribution in [0.15, 0.2) is 48.5 Å². The summed E-state index contributed by atoms with van der Waals surface area (Å²) in [5.74, 6) is -0.0616. The van der Waals surface area contributed by atoms with Crippen LogP contribution in [-0.4, -0.2) is 33.7 Å². The first kappa shape index (κ1) is 22.2. The average Bonchev–Trinajstić information content (AvgIpc) is 2.64. The van der Waals surface area contributed by atoms with Crippen LogP contribution in [0.1, 0.15) is 30.4 Å². The third kappa shape index (κ3) is 7.52. The molecule has 0 aliphatic heterocycles. The van der Waals surface area contributed by atoms with Crippen LogP contribution in [0.3, 0.4) is 0 Å². The lowest BCUT2D eigenvalue weighted by atomic mass is 10.1. The van der Waals surface area contributed by atoms with Gasteiger partial charge in [0.05, 0.1) is 11.9 Å². The summed E-state index contributed by atoms with van der Waals surface area (Å²) < 4.78 is 25.4. The molecule has 0 radical (unpaired) electrons. The van der Waals surface area contributed by atoms with Gasteiger partial charge in [-0.15, -0.1) is 0 Å². The van der Waals surface area contributed by atoms with E-state index < -0.39 is 10.0 Å². The van der Waals surface area contributed by atoms with E-state index in [1.54, 1.807) is 24.3 Å². The van der Waals surface area contributed by atoms with E-state index in [-0.39, 0.29) is 18.9 Å². The second-order valence-corrected chi connectivity index (χ2v) is 9.20. The van der Waals surface area contributed by atoms with Crippen LogP contribution in [0.5, 0.6) is 0 Å². The van der Waals surface area contributed by atoms with Crippen LogP contribution >= 0.6 is 11.6 Å². The molecule has 0 fully saturated rings. The number of benzene rings is 2. The molecule has 0 unspecified atom stereocenters. The molecule has 0 atom stereocenters. The van der Waals surface area contributed by atoms with Gasteiger partial charge in [0.2, 0.25) is 15.9 Å². The Labute approximate surface area is 172 Å². The summed E-state index contributed by atoms with van der Waals surface area (Å²) in [4.78, 5) is 12.0. The number of hydrogen-bond acceptors (Lipinski definition) is 3. The van der Waals surface area contributed by atoms with Gasteiger partial charge in [-0.05, 0) is 56.0 Å². The van der Waals surface area contributed by atoms with E-state index in [0.717, 1.165) is 19.1 Å². The standard InChI is InChI=1S/C21H27ClN2O3S/c1-17-7-9-18(10-8-17)5-3-15-23-21(25)6-4-16-24(28(2,26)27)20-13-11-19(22)12-14-20/h7-14H,3-6,15-16H2,1-2H3,(H,23,25).